The average molecular weight is 274 g/mol. The molecule has 1 N–H and O–H groups in total. The second kappa shape index (κ2) is 6.25. The Kier molecular flexibility index (Phi) is 4.42. The molecule has 0 atom stereocenters. The third-order valence-corrected chi connectivity index (χ3v) is 2.80. The first-order valence-corrected chi connectivity index (χ1v) is 6.17. The van der Waals surface area contributed by atoms with Crippen molar-refractivity contribution in [1.82, 2.24) is 9.88 Å². The molecule has 0 aliphatic heterocycles. The van der Waals surface area contributed by atoms with Crippen LogP contribution in [0.5, 0.6) is 0 Å². The van der Waals surface area contributed by atoms with Crippen LogP contribution in [0.1, 0.15) is 21.7 Å². The van der Waals surface area contributed by atoms with Gasteiger partial charge >= 0.3 is 5.97 Å². The lowest BCUT2D eigenvalue weighted by Crippen LogP contribution is -2.18. The lowest BCUT2D eigenvalue weighted by Gasteiger charge is -2.16. The Morgan fingerprint density at radius 1 is 1.25 bits per heavy atom. The normalized spacial score (nSPS) is 10.8. The summed E-state index contributed by atoms with van der Waals surface area (Å²) in [6.07, 6.45) is 0. The fraction of sp³-hybridized carbons (Fsp3) is 0.200. The van der Waals surface area contributed by atoms with Crippen LogP contribution in [0.3, 0.4) is 0 Å². The van der Waals surface area contributed by atoms with Crippen LogP contribution in [0.4, 0.5) is 4.39 Å². The van der Waals surface area contributed by atoms with E-state index < -0.39 is 5.97 Å². The van der Waals surface area contributed by atoms with Gasteiger partial charge < -0.3 is 5.11 Å². The highest BCUT2D eigenvalue weighted by Crippen LogP contribution is 2.09. The second-order valence-corrected chi connectivity index (χ2v) is 4.62. The Hall–Kier alpha value is -2.27. The molecule has 1 aromatic carbocycles. The zero-order valence-corrected chi connectivity index (χ0v) is 11.1. The molecule has 1 aromatic heterocycles. The van der Waals surface area contributed by atoms with E-state index in [1.54, 1.807) is 18.2 Å². The number of aromatic nitrogens is 1. The van der Waals surface area contributed by atoms with Crippen molar-refractivity contribution in [2.75, 3.05) is 7.05 Å². The minimum Gasteiger partial charge on any atom is -0.477 e. The summed E-state index contributed by atoms with van der Waals surface area (Å²) in [5, 5.41) is 8.89. The predicted molar refractivity (Wildman–Crippen MR) is 72.8 cm³/mol. The lowest BCUT2D eigenvalue weighted by atomic mass is 10.2. The van der Waals surface area contributed by atoms with Crippen LogP contribution < -0.4 is 0 Å². The average Bonchev–Trinajstić information content (AvgIpc) is 2.38. The first-order valence-electron chi connectivity index (χ1n) is 6.17. The van der Waals surface area contributed by atoms with E-state index in [-0.39, 0.29) is 11.5 Å². The number of carbonyl (C=O) groups is 1. The Balaban J connectivity index is 2.02. The topological polar surface area (TPSA) is 53.4 Å². The number of hydrogen-bond donors (Lipinski definition) is 1. The highest BCUT2D eigenvalue weighted by molar-refractivity contribution is 5.85. The predicted octanol–water partition coefficient (Wildman–Crippen LogP) is 2.55. The van der Waals surface area contributed by atoms with E-state index in [0.29, 0.717) is 18.8 Å². The molecule has 104 valence electrons. The van der Waals surface area contributed by atoms with Crippen LogP contribution in [-0.2, 0) is 13.1 Å². The van der Waals surface area contributed by atoms with E-state index in [2.05, 4.69) is 4.98 Å². The maximum absolute atomic E-state index is 13.1. The van der Waals surface area contributed by atoms with Gasteiger partial charge in [0, 0.05) is 13.1 Å². The molecule has 0 fully saturated rings. The van der Waals surface area contributed by atoms with E-state index in [1.807, 2.05) is 18.0 Å². The fourth-order valence-corrected chi connectivity index (χ4v) is 1.97. The molecule has 0 saturated carbocycles. The quantitative estimate of drug-likeness (QED) is 0.910. The van der Waals surface area contributed by atoms with Crippen LogP contribution >= 0.6 is 0 Å². The summed E-state index contributed by atoms with van der Waals surface area (Å²) in [6.45, 7) is 1.06. The SMILES string of the molecule is CN(Cc1cccc(F)c1)Cc1cccc(C(=O)O)n1. The standard InChI is InChI=1S/C15H15FN2O2/c1-18(9-11-4-2-5-12(16)8-11)10-13-6-3-7-14(17-13)15(19)20/h2-8H,9-10H2,1H3,(H,19,20). The molecule has 20 heavy (non-hydrogen) atoms. The molecular weight excluding hydrogens is 259 g/mol. The van der Waals surface area contributed by atoms with Gasteiger partial charge in [0.2, 0.25) is 0 Å². The van der Waals surface area contributed by atoms with Gasteiger partial charge in [0.25, 0.3) is 0 Å². The van der Waals surface area contributed by atoms with E-state index in [1.165, 1.54) is 18.2 Å². The van der Waals surface area contributed by atoms with Gasteiger partial charge in [-0.1, -0.05) is 18.2 Å². The number of nitrogens with zero attached hydrogens (tertiary/aromatic N) is 2. The Morgan fingerprint density at radius 2 is 2.00 bits per heavy atom. The van der Waals surface area contributed by atoms with Crippen LogP contribution in [0.25, 0.3) is 0 Å². The molecular formula is C15H15FN2O2. The molecule has 0 spiro atoms. The summed E-state index contributed by atoms with van der Waals surface area (Å²) in [5.74, 6) is -1.30. The van der Waals surface area contributed by atoms with Crippen molar-refractivity contribution in [2.24, 2.45) is 0 Å². The van der Waals surface area contributed by atoms with Crippen LogP contribution in [-0.4, -0.2) is 28.0 Å². The molecule has 0 saturated heterocycles. The number of benzene rings is 1. The third kappa shape index (κ3) is 3.86. The summed E-state index contributed by atoms with van der Waals surface area (Å²) in [7, 11) is 1.88. The fourth-order valence-electron chi connectivity index (χ4n) is 1.97. The molecule has 0 aliphatic carbocycles. The van der Waals surface area contributed by atoms with E-state index in [4.69, 9.17) is 5.11 Å². The molecule has 2 aromatic rings. The Bertz CT molecular complexity index is 616. The Labute approximate surface area is 116 Å². The highest BCUT2D eigenvalue weighted by Gasteiger charge is 2.07. The van der Waals surface area contributed by atoms with Gasteiger partial charge in [-0.25, -0.2) is 14.2 Å². The van der Waals surface area contributed by atoms with Gasteiger partial charge in [0.1, 0.15) is 11.5 Å². The lowest BCUT2D eigenvalue weighted by molar-refractivity contribution is 0.0690. The smallest absolute Gasteiger partial charge is 0.354 e. The van der Waals surface area contributed by atoms with Crippen molar-refractivity contribution in [3.8, 4) is 0 Å². The molecule has 1 heterocycles. The summed E-state index contributed by atoms with van der Waals surface area (Å²) in [5.41, 5.74) is 1.56. The van der Waals surface area contributed by atoms with E-state index in [0.717, 1.165) is 5.56 Å². The number of carboxylic acid groups (broad SMARTS) is 1. The van der Waals surface area contributed by atoms with E-state index in [9.17, 15) is 9.18 Å². The molecule has 4 nitrogen and oxygen atoms in total. The summed E-state index contributed by atoms with van der Waals surface area (Å²) in [4.78, 5) is 16.9. The minimum atomic E-state index is -1.04. The van der Waals surface area contributed by atoms with Crippen LogP contribution in [0.15, 0.2) is 42.5 Å². The molecule has 0 amide bonds. The van der Waals surface area contributed by atoms with Crippen molar-refractivity contribution >= 4 is 5.97 Å². The van der Waals surface area contributed by atoms with Crippen molar-refractivity contribution < 1.29 is 14.3 Å². The largest absolute Gasteiger partial charge is 0.477 e. The molecule has 0 aliphatic rings. The molecule has 5 heteroatoms. The first-order chi connectivity index (χ1) is 9.54. The Morgan fingerprint density at radius 3 is 2.70 bits per heavy atom. The maximum atomic E-state index is 13.1. The van der Waals surface area contributed by atoms with Gasteiger partial charge in [-0.05, 0) is 36.9 Å². The highest BCUT2D eigenvalue weighted by atomic mass is 19.1. The van der Waals surface area contributed by atoms with Crippen molar-refractivity contribution in [3.05, 3.63) is 65.2 Å². The molecule has 0 radical (unpaired) electrons. The monoisotopic (exact) mass is 274 g/mol. The summed E-state index contributed by atoms with van der Waals surface area (Å²) >= 11 is 0. The molecule has 0 unspecified atom stereocenters. The van der Waals surface area contributed by atoms with Gasteiger partial charge in [0.15, 0.2) is 0 Å². The number of aromatic carboxylic acids is 1. The van der Waals surface area contributed by atoms with Crippen LogP contribution in [0, 0.1) is 5.82 Å². The zero-order valence-electron chi connectivity index (χ0n) is 11.1. The van der Waals surface area contributed by atoms with Crippen LogP contribution in [0.2, 0.25) is 0 Å². The van der Waals surface area contributed by atoms with Gasteiger partial charge in [-0.2, -0.15) is 0 Å². The molecule has 2 rings (SSSR count). The molecule has 0 bridgehead atoms. The third-order valence-electron chi connectivity index (χ3n) is 2.80. The first kappa shape index (κ1) is 14.1. The van der Waals surface area contributed by atoms with Crippen molar-refractivity contribution in [1.29, 1.82) is 0 Å². The van der Waals surface area contributed by atoms with E-state index >= 15 is 0 Å². The number of carboxylic acids is 1. The van der Waals surface area contributed by atoms with Crippen molar-refractivity contribution in [2.45, 2.75) is 13.1 Å². The minimum absolute atomic E-state index is 0.0293. The number of rotatable bonds is 5. The van der Waals surface area contributed by atoms with Gasteiger partial charge in [-0.15, -0.1) is 0 Å². The summed E-state index contributed by atoms with van der Waals surface area (Å²) in [6, 6.07) is 11.3. The number of pyridine rings is 1. The second-order valence-electron chi connectivity index (χ2n) is 4.62. The number of hydrogen-bond acceptors (Lipinski definition) is 3. The van der Waals surface area contributed by atoms with Crippen molar-refractivity contribution in [3.63, 3.8) is 0 Å². The van der Waals surface area contributed by atoms with Gasteiger partial charge in [0.05, 0.1) is 5.69 Å². The van der Waals surface area contributed by atoms with Gasteiger partial charge in [-0.3, -0.25) is 4.90 Å². The number of halogens is 1. The maximum Gasteiger partial charge on any atom is 0.354 e. The summed E-state index contributed by atoms with van der Waals surface area (Å²) < 4.78 is 13.1. The zero-order chi connectivity index (χ0) is 14.5.